The molecule has 0 radical (unpaired) electrons. The largest absolute Gasteiger partial charge is 0.361 e. The number of thioether (sulfide) groups is 1. The SMILES string of the molecule is O=C(NCc1ccc2[nH]ccc2c1)c1ccc(SC(F)F)cc1. The topological polar surface area (TPSA) is 44.9 Å². The first-order valence-corrected chi connectivity index (χ1v) is 7.89. The van der Waals surface area contributed by atoms with Gasteiger partial charge in [0.2, 0.25) is 0 Å². The van der Waals surface area contributed by atoms with Crippen molar-refractivity contribution in [1.29, 1.82) is 0 Å². The summed E-state index contributed by atoms with van der Waals surface area (Å²) in [5.41, 5.74) is 2.49. The normalized spacial score (nSPS) is 11.1. The maximum absolute atomic E-state index is 12.3. The van der Waals surface area contributed by atoms with Gasteiger partial charge < -0.3 is 10.3 Å². The van der Waals surface area contributed by atoms with Gasteiger partial charge in [0.1, 0.15) is 0 Å². The van der Waals surface area contributed by atoms with Gasteiger partial charge in [0, 0.05) is 28.7 Å². The Bertz CT molecular complexity index is 815. The molecule has 2 N–H and O–H groups in total. The number of amides is 1. The zero-order valence-electron chi connectivity index (χ0n) is 12.1. The van der Waals surface area contributed by atoms with E-state index in [0.717, 1.165) is 16.5 Å². The summed E-state index contributed by atoms with van der Waals surface area (Å²) >= 11 is 0.463. The summed E-state index contributed by atoms with van der Waals surface area (Å²) in [5, 5.41) is 3.92. The standard InChI is InChI=1S/C17H14F2N2OS/c18-17(19)23-14-4-2-12(3-5-14)16(22)21-10-11-1-6-15-13(9-11)7-8-20-15/h1-9,17,20H,10H2,(H,21,22). The molecule has 1 aromatic heterocycles. The molecule has 0 spiro atoms. The highest BCUT2D eigenvalue weighted by Crippen LogP contribution is 2.25. The summed E-state index contributed by atoms with van der Waals surface area (Å²) in [5.74, 6) is -2.69. The van der Waals surface area contributed by atoms with Crippen LogP contribution in [0.4, 0.5) is 8.78 Å². The van der Waals surface area contributed by atoms with E-state index in [4.69, 9.17) is 0 Å². The van der Waals surface area contributed by atoms with Crippen molar-refractivity contribution in [3.63, 3.8) is 0 Å². The third-order valence-electron chi connectivity index (χ3n) is 3.41. The number of fused-ring (bicyclic) bond motifs is 1. The maximum Gasteiger partial charge on any atom is 0.288 e. The van der Waals surface area contributed by atoms with Crippen molar-refractivity contribution in [2.75, 3.05) is 0 Å². The summed E-state index contributed by atoms with van der Waals surface area (Å²) in [7, 11) is 0. The van der Waals surface area contributed by atoms with Crippen molar-refractivity contribution in [1.82, 2.24) is 10.3 Å². The second kappa shape index (κ2) is 6.83. The van der Waals surface area contributed by atoms with Crippen LogP contribution in [0.5, 0.6) is 0 Å². The first-order chi connectivity index (χ1) is 11.1. The van der Waals surface area contributed by atoms with Crippen LogP contribution >= 0.6 is 11.8 Å². The number of rotatable bonds is 5. The van der Waals surface area contributed by atoms with E-state index in [1.54, 1.807) is 12.1 Å². The number of benzene rings is 2. The maximum atomic E-state index is 12.3. The lowest BCUT2D eigenvalue weighted by Crippen LogP contribution is -2.22. The van der Waals surface area contributed by atoms with Gasteiger partial charge in [-0.2, -0.15) is 8.78 Å². The van der Waals surface area contributed by atoms with E-state index in [9.17, 15) is 13.6 Å². The second-order valence-corrected chi connectivity index (χ2v) is 6.05. The molecule has 0 bridgehead atoms. The summed E-state index contributed by atoms with van der Waals surface area (Å²) < 4.78 is 24.5. The van der Waals surface area contributed by atoms with Crippen LogP contribution in [0.2, 0.25) is 0 Å². The van der Waals surface area contributed by atoms with Crippen molar-refractivity contribution in [2.24, 2.45) is 0 Å². The van der Waals surface area contributed by atoms with E-state index in [0.29, 0.717) is 28.8 Å². The molecule has 1 amide bonds. The van der Waals surface area contributed by atoms with Gasteiger partial charge in [-0.15, -0.1) is 0 Å². The fourth-order valence-electron chi connectivity index (χ4n) is 2.28. The van der Waals surface area contributed by atoms with Crippen LogP contribution in [0.25, 0.3) is 10.9 Å². The number of hydrogen-bond donors (Lipinski definition) is 2. The monoisotopic (exact) mass is 332 g/mol. The molecule has 0 aliphatic rings. The molecular formula is C17H14F2N2OS. The minimum absolute atomic E-state index is 0.229. The lowest BCUT2D eigenvalue weighted by atomic mass is 10.1. The van der Waals surface area contributed by atoms with E-state index in [-0.39, 0.29) is 5.91 Å². The van der Waals surface area contributed by atoms with Crippen LogP contribution in [0, 0.1) is 0 Å². The number of H-pyrrole nitrogens is 1. The summed E-state index contributed by atoms with van der Waals surface area (Å²) in [6.07, 6.45) is 1.87. The molecule has 0 fully saturated rings. The smallest absolute Gasteiger partial charge is 0.288 e. The van der Waals surface area contributed by atoms with Crippen LogP contribution in [-0.2, 0) is 6.54 Å². The lowest BCUT2D eigenvalue weighted by molar-refractivity contribution is 0.0951. The molecule has 0 saturated heterocycles. The highest BCUT2D eigenvalue weighted by atomic mass is 32.2. The Morgan fingerprint density at radius 3 is 2.65 bits per heavy atom. The van der Waals surface area contributed by atoms with Crippen molar-refractivity contribution >= 4 is 28.6 Å². The number of aromatic amines is 1. The number of carbonyl (C=O) groups is 1. The molecule has 23 heavy (non-hydrogen) atoms. The minimum atomic E-state index is -2.46. The first-order valence-electron chi connectivity index (χ1n) is 7.01. The highest BCUT2D eigenvalue weighted by molar-refractivity contribution is 7.99. The third-order valence-corrected chi connectivity index (χ3v) is 4.13. The molecular weight excluding hydrogens is 318 g/mol. The molecule has 0 aliphatic carbocycles. The van der Waals surface area contributed by atoms with E-state index in [1.807, 2.05) is 30.5 Å². The fraction of sp³-hybridized carbons (Fsp3) is 0.118. The van der Waals surface area contributed by atoms with E-state index >= 15 is 0 Å². The number of carbonyl (C=O) groups excluding carboxylic acids is 1. The van der Waals surface area contributed by atoms with Gasteiger partial charge in [0.25, 0.3) is 11.7 Å². The van der Waals surface area contributed by atoms with Crippen LogP contribution in [-0.4, -0.2) is 16.6 Å². The van der Waals surface area contributed by atoms with Gasteiger partial charge in [0.05, 0.1) is 0 Å². The van der Waals surface area contributed by atoms with E-state index in [1.165, 1.54) is 12.1 Å². The first kappa shape index (κ1) is 15.6. The zero-order chi connectivity index (χ0) is 16.2. The van der Waals surface area contributed by atoms with Crippen LogP contribution in [0.15, 0.2) is 59.6 Å². The number of aromatic nitrogens is 1. The van der Waals surface area contributed by atoms with Crippen molar-refractivity contribution in [3.8, 4) is 0 Å². The molecule has 3 aromatic rings. The van der Waals surface area contributed by atoms with Gasteiger partial charge >= 0.3 is 0 Å². The van der Waals surface area contributed by atoms with Gasteiger partial charge in [-0.1, -0.05) is 17.8 Å². The van der Waals surface area contributed by atoms with Crippen LogP contribution in [0.1, 0.15) is 15.9 Å². The van der Waals surface area contributed by atoms with Crippen molar-refractivity contribution in [2.45, 2.75) is 17.2 Å². The van der Waals surface area contributed by atoms with Gasteiger partial charge in [-0.3, -0.25) is 4.79 Å². The van der Waals surface area contributed by atoms with Crippen LogP contribution in [0.3, 0.4) is 0 Å². The molecule has 0 atom stereocenters. The molecule has 0 unspecified atom stereocenters. The Morgan fingerprint density at radius 1 is 1.13 bits per heavy atom. The van der Waals surface area contributed by atoms with Gasteiger partial charge in [-0.25, -0.2) is 0 Å². The molecule has 0 aliphatic heterocycles. The Labute approximate surface area is 136 Å². The molecule has 118 valence electrons. The Hall–Kier alpha value is -2.34. The molecule has 2 aromatic carbocycles. The van der Waals surface area contributed by atoms with E-state index in [2.05, 4.69) is 10.3 Å². The van der Waals surface area contributed by atoms with Gasteiger partial charge in [-0.05, 0) is 53.4 Å². The number of nitrogens with one attached hydrogen (secondary N) is 2. The second-order valence-electron chi connectivity index (χ2n) is 4.98. The molecule has 1 heterocycles. The van der Waals surface area contributed by atoms with E-state index < -0.39 is 5.76 Å². The quantitative estimate of drug-likeness (QED) is 0.680. The average molecular weight is 332 g/mol. The minimum Gasteiger partial charge on any atom is -0.361 e. The number of alkyl halides is 2. The third kappa shape index (κ3) is 3.90. The molecule has 3 nitrogen and oxygen atoms in total. The summed E-state index contributed by atoms with van der Waals surface area (Å²) in [6.45, 7) is 0.410. The summed E-state index contributed by atoms with van der Waals surface area (Å²) in [4.78, 5) is 15.6. The average Bonchev–Trinajstić information content (AvgIpc) is 3.00. The molecule has 0 saturated carbocycles. The number of hydrogen-bond acceptors (Lipinski definition) is 2. The fourth-order valence-corrected chi connectivity index (χ4v) is 2.78. The Morgan fingerprint density at radius 2 is 1.91 bits per heavy atom. The molecule has 6 heteroatoms. The van der Waals surface area contributed by atoms with Crippen LogP contribution < -0.4 is 5.32 Å². The Balaban J connectivity index is 1.62. The zero-order valence-corrected chi connectivity index (χ0v) is 12.9. The number of halogens is 2. The predicted octanol–water partition coefficient (Wildman–Crippen LogP) is 4.41. The van der Waals surface area contributed by atoms with Gasteiger partial charge in [0.15, 0.2) is 0 Å². The molecule has 3 rings (SSSR count). The van der Waals surface area contributed by atoms with Crippen molar-refractivity contribution in [3.05, 3.63) is 65.9 Å². The highest BCUT2D eigenvalue weighted by Gasteiger charge is 2.08. The Kier molecular flexibility index (Phi) is 4.62. The lowest BCUT2D eigenvalue weighted by Gasteiger charge is -2.07. The predicted molar refractivity (Wildman–Crippen MR) is 87.8 cm³/mol. The summed E-state index contributed by atoms with van der Waals surface area (Å²) in [6, 6.07) is 14.0. The van der Waals surface area contributed by atoms with Crippen molar-refractivity contribution < 1.29 is 13.6 Å².